The van der Waals surface area contributed by atoms with Gasteiger partial charge in [0.25, 0.3) is 5.69 Å². The quantitative estimate of drug-likeness (QED) is 0.0744. The topological polar surface area (TPSA) is 250 Å². The third kappa shape index (κ3) is 7.45. The molecule has 20 heteroatoms. The summed E-state index contributed by atoms with van der Waals surface area (Å²) in [5.41, 5.74) is -4.50. The third-order valence-electron chi connectivity index (χ3n) is 9.65. The number of nitro benzene ring substituents is 1. The van der Waals surface area contributed by atoms with Crippen molar-refractivity contribution >= 4 is 35.2 Å². The highest BCUT2D eigenvalue weighted by Gasteiger charge is 2.50. The lowest BCUT2D eigenvalue weighted by atomic mass is 9.73. The van der Waals surface area contributed by atoms with Crippen molar-refractivity contribution in [1.82, 2.24) is 10.6 Å². The maximum atomic E-state index is 13.7. The first-order valence-corrected chi connectivity index (χ1v) is 16.8. The van der Waals surface area contributed by atoms with Crippen LogP contribution in [0.25, 0.3) is 0 Å². The number of nitro groups is 1. The molecule has 6 atom stereocenters. The maximum absolute atomic E-state index is 13.7. The normalized spacial score (nSPS) is 24.2. The van der Waals surface area contributed by atoms with Crippen LogP contribution in [-0.4, -0.2) is 99.8 Å². The van der Waals surface area contributed by atoms with E-state index < -0.39 is 125 Å². The van der Waals surface area contributed by atoms with Gasteiger partial charge < -0.3 is 44.9 Å². The molecule has 0 spiro atoms. The summed E-state index contributed by atoms with van der Waals surface area (Å²) in [6.07, 6.45) is -14.3. The number of phenolic OH excluding ortho intramolecular Hbond substituents is 2. The lowest BCUT2D eigenvalue weighted by Gasteiger charge is -2.44. The Bertz CT molecular complexity index is 2140. The Labute approximate surface area is 313 Å². The van der Waals surface area contributed by atoms with Crippen molar-refractivity contribution < 1.29 is 76.3 Å². The Morgan fingerprint density at radius 2 is 1.62 bits per heavy atom. The summed E-state index contributed by atoms with van der Waals surface area (Å²) in [6.45, 7) is 0.547. The molecule has 296 valence electrons. The van der Waals surface area contributed by atoms with Crippen LogP contribution in [0.1, 0.15) is 79.2 Å². The smallest absolute Gasteiger partial charge is 0.471 e. The summed E-state index contributed by atoms with van der Waals surface area (Å²) in [6, 6.07) is 8.09. The summed E-state index contributed by atoms with van der Waals surface area (Å²) >= 11 is 0. The lowest BCUT2D eigenvalue weighted by molar-refractivity contribution is -0.384. The molecule has 56 heavy (non-hydrogen) atoms. The minimum absolute atomic E-state index is 0.0677. The number of amides is 2. The second-order valence-corrected chi connectivity index (χ2v) is 13.4. The minimum atomic E-state index is -5.39. The number of alkyl halides is 3. The molecule has 3 aromatic carbocycles. The second kappa shape index (κ2) is 14.8. The number of esters is 1. The molecule has 5 N–H and O–H groups in total. The second-order valence-electron chi connectivity index (χ2n) is 13.4. The van der Waals surface area contributed by atoms with Crippen LogP contribution in [0.3, 0.4) is 0 Å². The van der Waals surface area contributed by atoms with Crippen LogP contribution in [0.4, 0.5) is 23.7 Å². The molecule has 0 saturated carbocycles. The highest BCUT2D eigenvalue weighted by Crippen LogP contribution is 2.52. The van der Waals surface area contributed by atoms with Crippen LogP contribution < -0.4 is 10.6 Å². The van der Waals surface area contributed by atoms with Crippen molar-refractivity contribution in [3.05, 3.63) is 97.6 Å². The number of hydrogen-bond donors (Lipinski definition) is 5. The summed E-state index contributed by atoms with van der Waals surface area (Å²) in [4.78, 5) is 74.8. The van der Waals surface area contributed by atoms with E-state index in [1.165, 1.54) is 38.2 Å². The fourth-order valence-electron chi connectivity index (χ4n) is 7.05. The number of carbonyl (C=O) groups excluding carboxylic acids is 5. The maximum Gasteiger partial charge on any atom is 0.471 e. The van der Waals surface area contributed by atoms with Gasteiger partial charge in [0.15, 0.2) is 17.9 Å². The Morgan fingerprint density at radius 3 is 2.20 bits per heavy atom. The predicted octanol–water partition coefficient (Wildman–Crippen LogP) is 3.28. The third-order valence-corrected chi connectivity index (χ3v) is 9.65. The zero-order chi connectivity index (χ0) is 40.9. The molecule has 1 unspecified atom stereocenters. The van der Waals surface area contributed by atoms with E-state index in [1.807, 2.05) is 0 Å². The number of alkyl carbamates (subject to hydrolysis) is 1. The molecule has 0 radical (unpaired) electrons. The van der Waals surface area contributed by atoms with Gasteiger partial charge in [0.05, 0.1) is 39.9 Å². The van der Waals surface area contributed by atoms with Gasteiger partial charge in [0.2, 0.25) is 0 Å². The fourth-order valence-corrected chi connectivity index (χ4v) is 7.05. The number of aromatic hydroxyl groups is 2. The molecule has 6 rings (SSSR count). The molecule has 0 bridgehead atoms. The zero-order valence-electron chi connectivity index (χ0n) is 29.2. The molecule has 17 nitrogen and oxygen atoms in total. The Balaban J connectivity index is 1.36. The van der Waals surface area contributed by atoms with Gasteiger partial charge >= 0.3 is 24.1 Å². The number of fused-ring (bicyclic) bond motifs is 3. The van der Waals surface area contributed by atoms with Crippen molar-refractivity contribution in [2.24, 2.45) is 0 Å². The number of ether oxygens (including phenoxy) is 4. The molecular formula is C36H32F3N3O14. The van der Waals surface area contributed by atoms with Crippen LogP contribution in [0.5, 0.6) is 11.5 Å². The first-order chi connectivity index (χ1) is 26.3. The van der Waals surface area contributed by atoms with Crippen molar-refractivity contribution in [2.45, 2.75) is 68.6 Å². The molecule has 1 fully saturated rings. The number of halogens is 3. The van der Waals surface area contributed by atoms with Gasteiger partial charge in [-0.25, -0.2) is 9.59 Å². The molecular weight excluding hydrogens is 755 g/mol. The molecule has 2 amide bonds. The van der Waals surface area contributed by atoms with E-state index in [4.69, 9.17) is 18.9 Å². The number of benzene rings is 3. The van der Waals surface area contributed by atoms with Gasteiger partial charge in [-0.3, -0.25) is 24.5 Å². The highest BCUT2D eigenvalue weighted by atomic mass is 19.4. The summed E-state index contributed by atoms with van der Waals surface area (Å²) < 4.78 is 63.1. The summed E-state index contributed by atoms with van der Waals surface area (Å²) in [7, 11) is 1.25. The molecule has 1 aliphatic heterocycles. The van der Waals surface area contributed by atoms with E-state index in [9.17, 15) is 62.6 Å². The van der Waals surface area contributed by atoms with Gasteiger partial charge in [-0.15, -0.1) is 0 Å². The zero-order valence-corrected chi connectivity index (χ0v) is 29.2. The van der Waals surface area contributed by atoms with Gasteiger partial charge in [0.1, 0.15) is 29.8 Å². The lowest BCUT2D eigenvalue weighted by Crippen LogP contribution is -2.58. The van der Waals surface area contributed by atoms with E-state index in [2.05, 4.69) is 5.32 Å². The van der Waals surface area contributed by atoms with Gasteiger partial charge in [-0.05, 0) is 19.1 Å². The van der Waals surface area contributed by atoms with Crippen molar-refractivity contribution in [2.75, 3.05) is 13.7 Å². The summed E-state index contributed by atoms with van der Waals surface area (Å²) in [5.74, 6) is -6.78. The van der Waals surface area contributed by atoms with Crippen LogP contribution in [0.2, 0.25) is 0 Å². The van der Waals surface area contributed by atoms with Gasteiger partial charge in [0, 0.05) is 60.7 Å². The fraction of sp³-hybridized carbons (Fsp3) is 0.361. The number of hydrogen-bond acceptors (Lipinski definition) is 14. The van der Waals surface area contributed by atoms with E-state index in [-0.39, 0.29) is 33.5 Å². The first kappa shape index (κ1) is 39.6. The molecule has 1 saturated heterocycles. The summed E-state index contributed by atoms with van der Waals surface area (Å²) in [5, 5.41) is 50.0. The number of nitrogens with one attached hydrogen (secondary N) is 2. The standard InChI is InChI=1S/C36H32F3N3O14/c1-15-31(56-32(47)16-7-9-17(10-8-16)42(51)52)21(41-33(48)36(37,38)39)11-23(54-15)55-22-13-35(50,14-53-34(49)40-2)12-20-24(22)30(46)26-25(29(20)45)27(43)18-5-3-4-6-19(18)28(26)44/h3-10,15,21-23,31,45-46,50H,11-14H2,1-2H3,(H,40,49)(H,41,48)/t15-,21+,22+,23+,31+,35?/m1/s1. The number of nitrogens with zero attached hydrogens (tertiary/aromatic N) is 1. The van der Waals surface area contributed by atoms with E-state index in [0.29, 0.717) is 0 Å². The van der Waals surface area contributed by atoms with Crippen molar-refractivity contribution in [1.29, 1.82) is 0 Å². The first-order valence-electron chi connectivity index (χ1n) is 16.8. The van der Waals surface area contributed by atoms with E-state index in [0.717, 1.165) is 24.3 Å². The van der Waals surface area contributed by atoms with Crippen molar-refractivity contribution in [3.63, 3.8) is 0 Å². The van der Waals surface area contributed by atoms with Crippen LogP contribution in [0.15, 0.2) is 48.5 Å². The predicted molar refractivity (Wildman–Crippen MR) is 180 cm³/mol. The molecule has 1 heterocycles. The molecule has 2 aliphatic carbocycles. The van der Waals surface area contributed by atoms with Crippen molar-refractivity contribution in [3.8, 4) is 11.5 Å². The van der Waals surface area contributed by atoms with Gasteiger partial charge in [-0.2, -0.15) is 13.2 Å². The number of aliphatic hydroxyl groups is 1. The average Bonchev–Trinajstić information content (AvgIpc) is 3.15. The van der Waals surface area contributed by atoms with E-state index in [1.54, 1.807) is 5.32 Å². The Kier molecular flexibility index (Phi) is 10.5. The highest BCUT2D eigenvalue weighted by molar-refractivity contribution is 6.30. The van der Waals surface area contributed by atoms with Gasteiger partial charge in [-0.1, -0.05) is 24.3 Å². The Morgan fingerprint density at radius 1 is 1.02 bits per heavy atom. The SMILES string of the molecule is CNC(=O)OCC1(O)Cc2c(O)c3c(c(O)c2[C@@H](O[C@H]2C[C@H](NC(=O)C(F)(F)F)[C@@H](OC(=O)c4ccc([N+](=O)[O-])cc4)[C@@H](C)O2)C1)C(=O)c1ccccc1C3=O. The molecule has 3 aromatic rings. The minimum Gasteiger partial charge on any atom is -0.507 e. The molecule has 3 aliphatic rings. The van der Waals surface area contributed by atoms with Crippen LogP contribution in [0, 0.1) is 10.1 Å². The number of non-ortho nitro benzene ring substituents is 1. The van der Waals surface area contributed by atoms with Crippen LogP contribution >= 0.6 is 0 Å². The Hall–Kier alpha value is -6.12. The number of carbonyl (C=O) groups is 5. The number of rotatable bonds is 8. The average molecular weight is 788 g/mol. The number of ketones is 2. The molecule has 0 aromatic heterocycles. The van der Waals surface area contributed by atoms with Crippen LogP contribution in [-0.2, 0) is 30.2 Å². The number of phenols is 2. The van der Waals surface area contributed by atoms with E-state index >= 15 is 0 Å². The largest absolute Gasteiger partial charge is 0.507 e. The monoisotopic (exact) mass is 787 g/mol.